The van der Waals surface area contributed by atoms with Gasteiger partial charge < -0.3 is 10.0 Å². The summed E-state index contributed by atoms with van der Waals surface area (Å²) in [4.78, 5) is 25.5. The van der Waals surface area contributed by atoms with Gasteiger partial charge in [0.25, 0.3) is 0 Å². The first kappa shape index (κ1) is 18.9. The molecule has 1 amide bonds. The number of carbonyl (C=O) groups excluding carboxylic acids is 1. The molecule has 1 aromatic heterocycles. The van der Waals surface area contributed by atoms with Gasteiger partial charge in [-0.25, -0.2) is 9.97 Å². The fourth-order valence-corrected chi connectivity index (χ4v) is 4.29. The molecule has 0 aliphatic carbocycles. The summed E-state index contributed by atoms with van der Waals surface area (Å²) >= 11 is 0. The molecule has 1 aromatic carbocycles. The SMILES string of the molecule is CC(=O)N1CCc2nc([C@@H]3CCCCN3Cc3cc(C)ccc3O)ncc2C1. The Kier molecular flexibility index (Phi) is 5.31. The zero-order chi connectivity index (χ0) is 19.7. The number of aromatic nitrogens is 2. The summed E-state index contributed by atoms with van der Waals surface area (Å²) in [5.74, 6) is 1.33. The van der Waals surface area contributed by atoms with E-state index in [0.29, 0.717) is 18.8 Å². The third-order valence-electron chi connectivity index (χ3n) is 5.92. The monoisotopic (exact) mass is 380 g/mol. The van der Waals surface area contributed by atoms with E-state index < -0.39 is 0 Å². The number of aromatic hydroxyl groups is 1. The number of amides is 1. The number of aryl methyl sites for hydroxylation is 1. The highest BCUT2D eigenvalue weighted by atomic mass is 16.3. The number of rotatable bonds is 3. The summed E-state index contributed by atoms with van der Waals surface area (Å²) in [7, 11) is 0. The Morgan fingerprint density at radius 3 is 2.96 bits per heavy atom. The Morgan fingerprint density at radius 1 is 1.29 bits per heavy atom. The highest BCUT2D eigenvalue weighted by Crippen LogP contribution is 2.32. The van der Waals surface area contributed by atoms with E-state index in [1.165, 1.54) is 6.42 Å². The molecule has 1 N–H and O–H groups in total. The molecular formula is C22H28N4O2. The number of hydrogen-bond donors (Lipinski definition) is 1. The smallest absolute Gasteiger partial charge is 0.219 e. The molecule has 1 saturated heterocycles. The molecular weight excluding hydrogens is 352 g/mol. The van der Waals surface area contributed by atoms with Crippen molar-refractivity contribution in [3.8, 4) is 5.75 Å². The van der Waals surface area contributed by atoms with Crippen LogP contribution in [0.1, 0.15) is 60.4 Å². The summed E-state index contributed by atoms with van der Waals surface area (Å²) in [6, 6.07) is 5.94. The van der Waals surface area contributed by atoms with Crippen molar-refractivity contribution in [3.63, 3.8) is 0 Å². The van der Waals surface area contributed by atoms with Gasteiger partial charge in [0.05, 0.1) is 11.7 Å². The number of likely N-dealkylation sites (tertiary alicyclic amines) is 1. The van der Waals surface area contributed by atoms with Gasteiger partial charge in [0.2, 0.25) is 5.91 Å². The molecule has 0 bridgehead atoms. The Hall–Kier alpha value is -2.47. The van der Waals surface area contributed by atoms with Crippen LogP contribution < -0.4 is 0 Å². The molecule has 2 aliphatic rings. The predicted molar refractivity (Wildman–Crippen MR) is 107 cm³/mol. The summed E-state index contributed by atoms with van der Waals surface area (Å²) in [5.41, 5.74) is 4.25. The number of hydrogen-bond acceptors (Lipinski definition) is 5. The minimum Gasteiger partial charge on any atom is -0.508 e. The number of benzene rings is 1. The van der Waals surface area contributed by atoms with Gasteiger partial charge in [-0.3, -0.25) is 9.69 Å². The van der Waals surface area contributed by atoms with Crippen molar-refractivity contribution in [2.45, 2.75) is 58.7 Å². The van der Waals surface area contributed by atoms with Crippen molar-refractivity contribution < 1.29 is 9.90 Å². The van der Waals surface area contributed by atoms with Crippen LogP contribution in [0.15, 0.2) is 24.4 Å². The number of phenolic OH excluding ortho intramolecular Hbond substituents is 1. The van der Waals surface area contributed by atoms with Gasteiger partial charge in [0.1, 0.15) is 11.6 Å². The van der Waals surface area contributed by atoms with Gasteiger partial charge >= 0.3 is 0 Å². The van der Waals surface area contributed by atoms with E-state index in [4.69, 9.17) is 4.98 Å². The largest absolute Gasteiger partial charge is 0.508 e. The molecule has 1 fully saturated rings. The van der Waals surface area contributed by atoms with Crippen LogP contribution in [0.3, 0.4) is 0 Å². The van der Waals surface area contributed by atoms with E-state index >= 15 is 0 Å². The van der Waals surface area contributed by atoms with Crippen LogP contribution in [0.4, 0.5) is 0 Å². The molecule has 6 heteroatoms. The molecule has 4 rings (SSSR count). The van der Waals surface area contributed by atoms with Crippen LogP contribution in [0.5, 0.6) is 5.75 Å². The van der Waals surface area contributed by atoms with E-state index in [1.807, 2.05) is 24.1 Å². The number of fused-ring (bicyclic) bond motifs is 1. The van der Waals surface area contributed by atoms with E-state index in [9.17, 15) is 9.90 Å². The third kappa shape index (κ3) is 3.87. The van der Waals surface area contributed by atoms with Crippen LogP contribution in [0.2, 0.25) is 0 Å². The summed E-state index contributed by atoms with van der Waals surface area (Å²) in [6.45, 7) is 6.68. The van der Waals surface area contributed by atoms with Crippen molar-refractivity contribution in [1.29, 1.82) is 0 Å². The lowest BCUT2D eigenvalue weighted by atomic mass is 9.99. The van der Waals surface area contributed by atoms with Crippen molar-refractivity contribution >= 4 is 5.91 Å². The molecule has 0 radical (unpaired) electrons. The van der Waals surface area contributed by atoms with Crippen LogP contribution in [0, 0.1) is 6.92 Å². The highest BCUT2D eigenvalue weighted by Gasteiger charge is 2.28. The molecule has 2 aromatic rings. The molecule has 0 spiro atoms. The average molecular weight is 380 g/mol. The summed E-state index contributed by atoms with van der Waals surface area (Å²) in [5, 5.41) is 10.3. The van der Waals surface area contributed by atoms with E-state index in [0.717, 1.165) is 60.6 Å². The molecule has 148 valence electrons. The van der Waals surface area contributed by atoms with Crippen LogP contribution >= 0.6 is 0 Å². The summed E-state index contributed by atoms with van der Waals surface area (Å²) in [6.07, 6.45) is 6.05. The normalized spacial score (nSPS) is 20.1. The fraction of sp³-hybridized carbons (Fsp3) is 0.500. The van der Waals surface area contributed by atoms with Crippen molar-refractivity contribution in [2.75, 3.05) is 13.1 Å². The van der Waals surface area contributed by atoms with Crippen LogP contribution in [-0.4, -0.2) is 43.9 Å². The maximum atomic E-state index is 11.6. The third-order valence-corrected chi connectivity index (χ3v) is 5.92. The topological polar surface area (TPSA) is 69.6 Å². The molecule has 0 unspecified atom stereocenters. The Bertz CT molecular complexity index is 883. The fourth-order valence-electron chi connectivity index (χ4n) is 4.29. The predicted octanol–water partition coefficient (Wildman–Crippen LogP) is 3.12. The van der Waals surface area contributed by atoms with Crippen LogP contribution in [-0.2, 0) is 24.3 Å². The molecule has 3 heterocycles. The molecule has 1 atom stereocenters. The van der Waals surface area contributed by atoms with E-state index in [-0.39, 0.29) is 11.9 Å². The van der Waals surface area contributed by atoms with Gasteiger partial charge in [-0.15, -0.1) is 0 Å². The number of piperidine rings is 1. The van der Waals surface area contributed by atoms with Gasteiger partial charge in [-0.2, -0.15) is 0 Å². The zero-order valence-corrected chi connectivity index (χ0v) is 16.7. The second-order valence-corrected chi connectivity index (χ2v) is 8.00. The molecule has 2 aliphatic heterocycles. The molecule has 6 nitrogen and oxygen atoms in total. The number of carbonyl (C=O) groups is 1. The van der Waals surface area contributed by atoms with E-state index in [1.54, 1.807) is 13.0 Å². The van der Waals surface area contributed by atoms with Gasteiger partial charge in [0.15, 0.2) is 0 Å². The van der Waals surface area contributed by atoms with Gasteiger partial charge in [-0.1, -0.05) is 24.1 Å². The second-order valence-electron chi connectivity index (χ2n) is 8.00. The van der Waals surface area contributed by atoms with Gasteiger partial charge in [-0.05, 0) is 32.4 Å². The highest BCUT2D eigenvalue weighted by molar-refractivity contribution is 5.73. The van der Waals surface area contributed by atoms with Crippen molar-refractivity contribution in [1.82, 2.24) is 19.8 Å². The molecule has 0 saturated carbocycles. The van der Waals surface area contributed by atoms with E-state index in [2.05, 4.69) is 16.0 Å². The Balaban J connectivity index is 1.56. The lowest BCUT2D eigenvalue weighted by Gasteiger charge is -2.35. The minimum absolute atomic E-state index is 0.103. The zero-order valence-electron chi connectivity index (χ0n) is 16.7. The lowest BCUT2D eigenvalue weighted by Crippen LogP contribution is -2.36. The Morgan fingerprint density at radius 2 is 2.14 bits per heavy atom. The lowest BCUT2D eigenvalue weighted by molar-refractivity contribution is -0.129. The minimum atomic E-state index is 0.103. The molecule has 28 heavy (non-hydrogen) atoms. The Labute approximate surface area is 166 Å². The standard InChI is InChI=1S/C22H28N4O2/c1-15-6-7-21(28)17(11-15)13-26-9-4-3-5-20(26)22-23-12-18-14-25(16(2)27)10-8-19(18)24-22/h6-7,11-12,20,28H,3-5,8-10,13-14H2,1-2H3/t20-/m0/s1. The number of nitrogens with zero attached hydrogens (tertiary/aromatic N) is 4. The quantitative estimate of drug-likeness (QED) is 0.886. The van der Waals surface area contributed by atoms with Crippen molar-refractivity contribution in [2.24, 2.45) is 0 Å². The maximum Gasteiger partial charge on any atom is 0.219 e. The first-order valence-corrected chi connectivity index (χ1v) is 10.1. The van der Waals surface area contributed by atoms with Gasteiger partial charge in [0, 0.05) is 50.3 Å². The number of phenols is 1. The summed E-state index contributed by atoms with van der Waals surface area (Å²) < 4.78 is 0. The average Bonchev–Trinajstić information content (AvgIpc) is 2.70. The maximum absolute atomic E-state index is 11.6. The van der Waals surface area contributed by atoms with Crippen LogP contribution in [0.25, 0.3) is 0 Å². The first-order valence-electron chi connectivity index (χ1n) is 10.1. The first-order chi connectivity index (χ1) is 13.5. The second kappa shape index (κ2) is 7.87. The van der Waals surface area contributed by atoms with Crippen molar-refractivity contribution in [3.05, 3.63) is 52.6 Å².